The minimum absolute atomic E-state index is 0.00484. The van der Waals surface area contributed by atoms with Gasteiger partial charge in [0.15, 0.2) is 11.9 Å². The zero-order chi connectivity index (χ0) is 20.1. The van der Waals surface area contributed by atoms with E-state index >= 15 is 0 Å². The van der Waals surface area contributed by atoms with Crippen molar-refractivity contribution in [2.75, 3.05) is 0 Å². The molecule has 0 amide bonds. The lowest BCUT2D eigenvalue weighted by atomic mass is 9.91. The molecule has 1 aliphatic carbocycles. The number of hydrogen-bond acceptors (Lipinski definition) is 6. The molecule has 0 aromatic heterocycles. The Balaban J connectivity index is 1.61. The Hall–Kier alpha value is -2.06. The first-order chi connectivity index (χ1) is 13.3. The van der Waals surface area contributed by atoms with Crippen LogP contribution in [0.1, 0.15) is 11.1 Å². The highest BCUT2D eigenvalue weighted by atomic mass is 35.5. The molecule has 0 bridgehead atoms. The van der Waals surface area contributed by atoms with Gasteiger partial charge in [-0.05, 0) is 37.3 Å². The van der Waals surface area contributed by atoms with Crippen LogP contribution in [0, 0.1) is 12.8 Å². The van der Waals surface area contributed by atoms with E-state index in [1.54, 1.807) is 30.3 Å². The van der Waals surface area contributed by atoms with Crippen LogP contribution >= 0.6 is 23.2 Å². The first-order valence-electron chi connectivity index (χ1n) is 8.37. The van der Waals surface area contributed by atoms with Crippen LogP contribution in [-0.4, -0.2) is 31.4 Å². The van der Waals surface area contributed by atoms with E-state index in [9.17, 15) is 13.5 Å². The van der Waals surface area contributed by atoms with Crippen molar-refractivity contribution >= 4 is 39.0 Å². The predicted octanol–water partition coefficient (Wildman–Crippen LogP) is 3.68. The number of oxime groups is 1. The third kappa shape index (κ3) is 3.28. The molecular weight excluding hydrogens is 425 g/mol. The highest BCUT2D eigenvalue weighted by molar-refractivity contribution is 7.86. The smallest absolute Gasteiger partial charge is 0.339 e. The average molecular weight is 440 g/mol. The molecule has 28 heavy (non-hydrogen) atoms. The summed E-state index contributed by atoms with van der Waals surface area (Å²) >= 11 is 12.5. The fourth-order valence-corrected chi connectivity index (χ4v) is 4.79. The Morgan fingerprint density at radius 3 is 2.39 bits per heavy atom. The molecule has 2 aliphatic rings. The number of halogens is 2. The summed E-state index contributed by atoms with van der Waals surface area (Å²) in [6.45, 7) is 1.85. The Labute approximate surface area is 172 Å². The van der Waals surface area contributed by atoms with Crippen molar-refractivity contribution in [3.8, 4) is 0 Å². The molecule has 0 spiro atoms. The standard InChI is InChI=1S/C19H15Cl2NO5S/c1-10-5-7-11(8-6-10)28(24,25)27-15-9-14(23)17-18(22-26-19(15)17)16-12(20)3-2-4-13(16)21/h2-9,14,17,19,23H,1H3/t14-,17+,19+/m0/s1. The van der Waals surface area contributed by atoms with Gasteiger partial charge in [-0.25, -0.2) is 0 Å². The second kappa shape index (κ2) is 7.08. The quantitative estimate of drug-likeness (QED) is 0.734. The van der Waals surface area contributed by atoms with Crippen molar-refractivity contribution in [2.45, 2.75) is 24.0 Å². The Kier molecular flexibility index (Phi) is 4.87. The highest BCUT2D eigenvalue weighted by Gasteiger charge is 2.49. The van der Waals surface area contributed by atoms with Gasteiger partial charge in [0, 0.05) is 5.56 Å². The van der Waals surface area contributed by atoms with E-state index in [4.69, 9.17) is 32.2 Å². The number of rotatable bonds is 4. The van der Waals surface area contributed by atoms with Crippen molar-refractivity contribution in [2.24, 2.45) is 11.1 Å². The van der Waals surface area contributed by atoms with Crippen LogP contribution in [0.3, 0.4) is 0 Å². The van der Waals surface area contributed by atoms with Gasteiger partial charge in [0.1, 0.15) is 10.6 Å². The number of aryl methyl sites for hydroxylation is 1. The highest BCUT2D eigenvalue weighted by Crippen LogP contribution is 2.41. The molecule has 0 saturated heterocycles. The molecule has 146 valence electrons. The first-order valence-corrected chi connectivity index (χ1v) is 10.5. The van der Waals surface area contributed by atoms with Crippen molar-refractivity contribution in [3.05, 3.63) is 75.5 Å². The van der Waals surface area contributed by atoms with Crippen molar-refractivity contribution in [3.63, 3.8) is 0 Å². The summed E-state index contributed by atoms with van der Waals surface area (Å²) in [6.07, 6.45) is -0.653. The molecule has 1 heterocycles. The van der Waals surface area contributed by atoms with Gasteiger partial charge >= 0.3 is 10.1 Å². The number of benzene rings is 2. The number of hydrogen-bond donors (Lipinski definition) is 1. The molecule has 1 N–H and O–H groups in total. The summed E-state index contributed by atoms with van der Waals surface area (Å²) in [5, 5.41) is 15.2. The maximum atomic E-state index is 12.6. The molecule has 1 aliphatic heterocycles. The molecule has 6 nitrogen and oxygen atoms in total. The van der Waals surface area contributed by atoms with Crippen molar-refractivity contribution < 1.29 is 22.5 Å². The first kappa shape index (κ1) is 19.3. The molecule has 0 unspecified atom stereocenters. The maximum Gasteiger partial charge on any atom is 0.339 e. The van der Waals surface area contributed by atoms with Gasteiger partial charge in [0.2, 0.25) is 0 Å². The second-order valence-electron chi connectivity index (χ2n) is 6.54. The number of nitrogens with zero attached hydrogens (tertiary/aromatic N) is 1. The molecule has 0 radical (unpaired) electrons. The zero-order valence-electron chi connectivity index (χ0n) is 14.5. The van der Waals surface area contributed by atoms with E-state index in [2.05, 4.69) is 5.16 Å². The molecular formula is C19H15Cl2NO5S. The lowest BCUT2D eigenvalue weighted by Gasteiger charge is -2.17. The van der Waals surface area contributed by atoms with E-state index < -0.39 is 28.2 Å². The van der Waals surface area contributed by atoms with Gasteiger partial charge in [-0.3, -0.25) is 0 Å². The summed E-state index contributed by atoms with van der Waals surface area (Å²) in [4.78, 5) is 5.40. The fraction of sp³-hybridized carbons (Fsp3) is 0.211. The minimum atomic E-state index is -4.08. The monoisotopic (exact) mass is 439 g/mol. The summed E-state index contributed by atoms with van der Waals surface area (Å²) in [6, 6.07) is 11.2. The minimum Gasteiger partial charge on any atom is -0.388 e. The normalized spacial score (nSPS) is 23.6. The summed E-state index contributed by atoms with van der Waals surface area (Å²) in [7, 11) is -4.08. The molecule has 0 fully saturated rings. The Morgan fingerprint density at radius 1 is 1.11 bits per heavy atom. The van der Waals surface area contributed by atoms with E-state index in [0.29, 0.717) is 21.3 Å². The van der Waals surface area contributed by atoms with E-state index in [-0.39, 0.29) is 10.7 Å². The summed E-state index contributed by atoms with van der Waals surface area (Å²) in [5.74, 6) is -0.708. The van der Waals surface area contributed by atoms with Crippen molar-refractivity contribution in [1.29, 1.82) is 0 Å². The lowest BCUT2D eigenvalue weighted by Crippen LogP contribution is -2.30. The topological polar surface area (TPSA) is 85.2 Å². The van der Waals surface area contributed by atoms with Gasteiger partial charge in [-0.1, -0.05) is 52.1 Å². The predicted molar refractivity (Wildman–Crippen MR) is 105 cm³/mol. The third-order valence-electron chi connectivity index (χ3n) is 4.62. The Bertz CT molecular complexity index is 1080. The summed E-state index contributed by atoms with van der Waals surface area (Å²) < 4.78 is 30.4. The van der Waals surface area contributed by atoms with Crippen LogP contribution < -0.4 is 0 Å². The van der Waals surface area contributed by atoms with Crippen LogP contribution in [0.4, 0.5) is 0 Å². The van der Waals surface area contributed by atoms with E-state index in [0.717, 1.165) is 5.56 Å². The van der Waals surface area contributed by atoms with Crippen LogP contribution in [0.25, 0.3) is 0 Å². The van der Waals surface area contributed by atoms with Gasteiger partial charge in [0.25, 0.3) is 0 Å². The van der Waals surface area contributed by atoms with Gasteiger partial charge in [0.05, 0.1) is 22.1 Å². The van der Waals surface area contributed by atoms with E-state index in [1.807, 2.05) is 6.92 Å². The number of aliphatic hydroxyl groups is 1. The van der Waals surface area contributed by atoms with Crippen molar-refractivity contribution in [1.82, 2.24) is 0 Å². The molecule has 4 rings (SSSR count). The SMILES string of the molecule is Cc1ccc(S(=O)(=O)OC2=C[C@H](O)[C@@H]3C(c4c(Cl)cccc4Cl)=NO[C@H]23)cc1. The zero-order valence-corrected chi connectivity index (χ0v) is 16.9. The molecule has 2 aromatic carbocycles. The second-order valence-corrected chi connectivity index (χ2v) is 8.90. The van der Waals surface area contributed by atoms with Crippen LogP contribution in [0.5, 0.6) is 0 Å². The lowest BCUT2D eigenvalue weighted by molar-refractivity contribution is 0.0513. The third-order valence-corrected chi connectivity index (χ3v) is 6.52. The molecule has 0 saturated carbocycles. The number of aliphatic hydroxyl groups excluding tert-OH is 1. The van der Waals surface area contributed by atoms with Crippen LogP contribution in [0.2, 0.25) is 10.0 Å². The van der Waals surface area contributed by atoms with Gasteiger partial charge in [-0.2, -0.15) is 8.42 Å². The van der Waals surface area contributed by atoms with Gasteiger partial charge in [-0.15, -0.1) is 0 Å². The van der Waals surface area contributed by atoms with Gasteiger partial charge < -0.3 is 14.1 Å². The van der Waals surface area contributed by atoms with Crippen LogP contribution in [0.15, 0.2) is 64.4 Å². The van der Waals surface area contributed by atoms with Crippen LogP contribution in [-0.2, 0) is 19.1 Å². The largest absolute Gasteiger partial charge is 0.388 e. The Morgan fingerprint density at radius 2 is 1.75 bits per heavy atom. The molecule has 2 aromatic rings. The molecule has 3 atom stereocenters. The van der Waals surface area contributed by atoms with E-state index in [1.165, 1.54) is 18.2 Å². The number of fused-ring (bicyclic) bond motifs is 1. The fourth-order valence-electron chi connectivity index (χ4n) is 3.23. The summed E-state index contributed by atoms with van der Waals surface area (Å²) in [5.41, 5.74) is 1.70. The maximum absolute atomic E-state index is 12.6. The average Bonchev–Trinajstić information content (AvgIpc) is 3.18. The molecule has 9 heteroatoms.